The second-order valence-corrected chi connectivity index (χ2v) is 7.70. The summed E-state index contributed by atoms with van der Waals surface area (Å²) in [4.78, 5) is 12.2. The van der Waals surface area contributed by atoms with E-state index in [1.807, 2.05) is 42.5 Å². The first kappa shape index (κ1) is 21.1. The second-order valence-electron chi connectivity index (χ2n) is 7.43. The summed E-state index contributed by atoms with van der Waals surface area (Å²) < 4.78 is 19.2. The summed E-state index contributed by atoms with van der Waals surface area (Å²) in [5.74, 6) is -0.113. The molecule has 3 nitrogen and oxygen atoms in total. The van der Waals surface area contributed by atoms with Gasteiger partial charge in [-0.05, 0) is 40.3 Å². The van der Waals surface area contributed by atoms with Crippen molar-refractivity contribution in [2.45, 2.75) is 18.2 Å². The largest absolute Gasteiger partial charge is 0.449 e. The van der Waals surface area contributed by atoms with Crippen LogP contribution in [0.2, 0.25) is 0 Å². The SMILES string of the molecule is O=C(NCCC=Cc1ccc(CCl)c(F)c1)OCC1c2ccccc2-c2ccccc21. The summed E-state index contributed by atoms with van der Waals surface area (Å²) in [5, 5.41) is 2.77. The molecule has 3 aromatic rings. The second kappa shape index (κ2) is 9.80. The van der Waals surface area contributed by atoms with Crippen molar-refractivity contribution in [3.8, 4) is 11.1 Å². The third kappa shape index (κ3) is 4.80. The summed E-state index contributed by atoms with van der Waals surface area (Å²) >= 11 is 5.67. The highest BCUT2D eigenvalue weighted by Crippen LogP contribution is 2.44. The number of benzene rings is 3. The monoisotopic (exact) mass is 435 g/mol. The van der Waals surface area contributed by atoms with Gasteiger partial charge in [-0.1, -0.05) is 72.8 Å². The Bertz CT molecular complexity index is 1070. The van der Waals surface area contributed by atoms with Gasteiger partial charge in [-0.2, -0.15) is 0 Å². The molecule has 0 atom stereocenters. The number of carbonyl (C=O) groups excluding carboxylic acids is 1. The van der Waals surface area contributed by atoms with E-state index >= 15 is 0 Å². The predicted molar refractivity (Wildman–Crippen MR) is 123 cm³/mol. The Kier molecular flexibility index (Phi) is 6.68. The van der Waals surface area contributed by atoms with Crippen molar-refractivity contribution in [1.29, 1.82) is 0 Å². The predicted octanol–water partition coefficient (Wildman–Crippen LogP) is 6.51. The molecule has 0 bridgehead atoms. The molecule has 0 fully saturated rings. The van der Waals surface area contributed by atoms with Gasteiger partial charge in [0.05, 0.1) is 5.88 Å². The fraction of sp³-hybridized carbons (Fsp3) is 0.192. The number of halogens is 2. The Hall–Kier alpha value is -3.11. The molecule has 1 N–H and O–H groups in total. The van der Waals surface area contributed by atoms with E-state index in [-0.39, 0.29) is 17.6 Å². The summed E-state index contributed by atoms with van der Waals surface area (Å²) in [6.45, 7) is 0.733. The van der Waals surface area contributed by atoms with E-state index in [0.717, 1.165) is 5.56 Å². The molecular weight excluding hydrogens is 413 g/mol. The molecule has 158 valence electrons. The lowest BCUT2D eigenvalue weighted by Gasteiger charge is -2.14. The van der Waals surface area contributed by atoms with Gasteiger partial charge in [0.15, 0.2) is 0 Å². The molecule has 1 aliphatic rings. The first-order valence-electron chi connectivity index (χ1n) is 10.3. The van der Waals surface area contributed by atoms with Gasteiger partial charge in [0.1, 0.15) is 12.4 Å². The Labute approximate surface area is 186 Å². The van der Waals surface area contributed by atoms with Crippen LogP contribution in [0.15, 0.2) is 72.8 Å². The first-order chi connectivity index (χ1) is 15.2. The molecule has 0 radical (unpaired) electrons. The number of nitrogens with one attached hydrogen (secondary N) is 1. The van der Waals surface area contributed by atoms with E-state index in [4.69, 9.17) is 16.3 Å². The first-order valence-corrected chi connectivity index (χ1v) is 10.8. The molecule has 1 aliphatic carbocycles. The number of hydrogen-bond acceptors (Lipinski definition) is 2. The Morgan fingerprint density at radius 2 is 1.71 bits per heavy atom. The fourth-order valence-electron chi connectivity index (χ4n) is 3.90. The molecule has 3 aromatic carbocycles. The van der Waals surface area contributed by atoms with Crippen LogP contribution >= 0.6 is 11.6 Å². The summed E-state index contributed by atoms with van der Waals surface area (Å²) in [5.41, 5.74) is 6.02. The maximum Gasteiger partial charge on any atom is 0.407 e. The summed E-state index contributed by atoms with van der Waals surface area (Å²) in [7, 11) is 0. The zero-order valence-electron chi connectivity index (χ0n) is 17.0. The quantitative estimate of drug-likeness (QED) is 0.339. The molecule has 0 saturated heterocycles. The zero-order chi connectivity index (χ0) is 21.6. The van der Waals surface area contributed by atoms with Crippen LogP contribution < -0.4 is 5.32 Å². The molecule has 31 heavy (non-hydrogen) atoms. The number of alkyl halides is 1. The number of ether oxygens (including phenoxy) is 1. The van der Waals surface area contributed by atoms with Crippen molar-refractivity contribution in [3.63, 3.8) is 0 Å². The molecule has 0 saturated carbocycles. The Balaban J connectivity index is 1.26. The van der Waals surface area contributed by atoms with Crippen molar-refractivity contribution in [2.75, 3.05) is 13.2 Å². The minimum Gasteiger partial charge on any atom is -0.449 e. The summed E-state index contributed by atoms with van der Waals surface area (Å²) in [6, 6.07) is 21.4. The fourth-order valence-corrected chi connectivity index (χ4v) is 4.12. The number of rotatable bonds is 7. The lowest BCUT2D eigenvalue weighted by molar-refractivity contribution is 0.143. The molecule has 1 amide bonds. The van der Waals surface area contributed by atoms with Gasteiger partial charge in [0, 0.05) is 18.0 Å². The lowest BCUT2D eigenvalue weighted by Crippen LogP contribution is -2.26. The van der Waals surface area contributed by atoms with E-state index in [2.05, 4.69) is 29.6 Å². The van der Waals surface area contributed by atoms with Crippen LogP contribution in [0, 0.1) is 5.82 Å². The minimum atomic E-state index is -0.437. The lowest BCUT2D eigenvalue weighted by atomic mass is 9.98. The van der Waals surface area contributed by atoms with Crippen molar-refractivity contribution in [1.82, 2.24) is 5.32 Å². The van der Waals surface area contributed by atoms with Crippen LogP contribution in [-0.4, -0.2) is 19.2 Å². The average Bonchev–Trinajstić information content (AvgIpc) is 3.11. The maximum absolute atomic E-state index is 13.7. The van der Waals surface area contributed by atoms with Crippen LogP contribution in [0.25, 0.3) is 17.2 Å². The number of alkyl carbamates (subject to hydrolysis) is 1. The Morgan fingerprint density at radius 3 is 2.35 bits per heavy atom. The van der Waals surface area contributed by atoms with E-state index in [1.165, 1.54) is 28.3 Å². The van der Waals surface area contributed by atoms with Crippen molar-refractivity contribution in [2.24, 2.45) is 0 Å². The van der Waals surface area contributed by atoms with Gasteiger partial charge in [-0.3, -0.25) is 0 Å². The van der Waals surface area contributed by atoms with E-state index < -0.39 is 6.09 Å². The van der Waals surface area contributed by atoms with Crippen molar-refractivity contribution in [3.05, 3.63) is 101 Å². The third-order valence-corrected chi connectivity index (χ3v) is 5.74. The molecule has 0 heterocycles. The van der Waals surface area contributed by atoms with E-state index in [9.17, 15) is 9.18 Å². The number of fused-ring (bicyclic) bond motifs is 3. The van der Waals surface area contributed by atoms with Crippen LogP contribution in [0.5, 0.6) is 0 Å². The van der Waals surface area contributed by atoms with Crippen LogP contribution in [-0.2, 0) is 10.6 Å². The molecule has 0 unspecified atom stereocenters. The van der Waals surface area contributed by atoms with Crippen LogP contribution in [0.4, 0.5) is 9.18 Å². The highest BCUT2D eigenvalue weighted by molar-refractivity contribution is 6.17. The van der Waals surface area contributed by atoms with Crippen molar-refractivity contribution >= 4 is 23.8 Å². The molecule has 0 spiro atoms. The average molecular weight is 436 g/mol. The highest BCUT2D eigenvalue weighted by atomic mass is 35.5. The smallest absolute Gasteiger partial charge is 0.407 e. The number of carbonyl (C=O) groups is 1. The summed E-state index contributed by atoms with van der Waals surface area (Å²) in [6.07, 6.45) is 3.88. The molecule has 5 heteroatoms. The molecule has 0 aromatic heterocycles. The molecule has 4 rings (SSSR count). The Morgan fingerprint density at radius 1 is 1.03 bits per heavy atom. The van der Waals surface area contributed by atoms with Crippen LogP contribution in [0.3, 0.4) is 0 Å². The standard InChI is InChI=1S/C26H23ClFNO2/c27-16-19-13-12-18(15-25(19)28)7-5-6-14-29-26(30)31-17-24-22-10-3-1-8-20(22)21-9-2-4-11-23(21)24/h1-5,7-13,15,24H,6,14,16-17H2,(H,29,30). The van der Waals surface area contributed by atoms with Gasteiger partial charge in [0.25, 0.3) is 0 Å². The van der Waals surface area contributed by atoms with Gasteiger partial charge in [-0.15, -0.1) is 11.6 Å². The minimum absolute atomic E-state index is 0.0453. The van der Waals surface area contributed by atoms with E-state index in [1.54, 1.807) is 6.07 Å². The van der Waals surface area contributed by atoms with Crippen LogP contribution in [0.1, 0.15) is 34.6 Å². The van der Waals surface area contributed by atoms with E-state index in [0.29, 0.717) is 25.1 Å². The molecule has 0 aliphatic heterocycles. The topological polar surface area (TPSA) is 38.3 Å². The zero-order valence-corrected chi connectivity index (χ0v) is 17.7. The normalized spacial score (nSPS) is 12.6. The number of amides is 1. The van der Waals surface area contributed by atoms with Gasteiger partial charge >= 0.3 is 6.09 Å². The highest BCUT2D eigenvalue weighted by Gasteiger charge is 2.28. The maximum atomic E-state index is 13.7. The number of hydrogen-bond donors (Lipinski definition) is 1. The van der Waals surface area contributed by atoms with Gasteiger partial charge in [0.2, 0.25) is 0 Å². The van der Waals surface area contributed by atoms with Gasteiger partial charge in [-0.25, -0.2) is 9.18 Å². The van der Waals surface area contributed by atoms with Crippen molar-refractivity contribution < 1.29 is 13.9 Å². The molecular formula is C26H23ClFNO2. The van der Waals surface area contributed by atoms with Gasteiger partial charge < -0.3 is 10.1 Å². The third-order valence-electron chi connectivity index (χ3n) is 5.46.